The van der Waals surface area contributed by atoms with Gasteiger partial charge < -0.3 is 10.3 Å². The molecule has 1 unspecified atom stereocenters. The zero-order valence-corrected chi connectivity index (χ0v) is 14.5. The van der Waals surface area contributed by atoms with Gasteiger partial charge in [0.1, 0.15) is 6.04 Å². The van der Waals surface area contributed by atoms with Gasteiger partial charge in [-0.15, -0.1) is 0 Å². The molecule has 2 N–H and O–H groups in total. The fourth-order valence-electron chi connectivity index (χ4n) is 2.50. The molecular formula is C17H20N4O2S. The molecule has 7 heteroatoms. The number of carbonyl (C=O) groups excluding carboxylic acids is 2. The van der Waals surface area contributed by atoms with Crippen LogP contribution in [0, 0.1) is 11.5 Å². The third kappa shape index (κ3) is 4.09. The van der Waals surface area contributed by atoms with Crippen molar-refractivity contribution in [1.82, 2.24) is 15.2 Å². The van der Waals surface area contributed by atoms with Gasteiger partial charge in [0, 0.05) is 29.4 Å². The number of likely N-dealkylation sites (N-methyl/N-ethyl adjacent to an activating group) is 1. The second-order valence-electron chi connectivity index (χ2n) is 5.29. The Hall–Kier alpha value is -2.46. The highest BCUT2D eigenvalue weighted by atomic mass is 32.2. The monoisotopic (exact) mass is 344 g/mol. The summed E-state index contributed by atoms with van der Waals surface area (Å²) in [6.45, 7) is 2.02. The van der Waals surface area contributed by atoms with Gasteiger partial charge in [-0.2, -0.15) is 17.0 Å². The van der Waals surface area contributed by atoms with Crippen molar-refractivity contribution in [2.75, 3.05) is 18.6 Å². The molecule has 6 nitrogen and oxygen atoms in total. The number of H-pyrrole nitrogens is 1. The number of aromatic nitrogens is 1. The lowest BCUT2D eigenvalue weighted by Crippen LogP contribution is -2.49. The molecule has 0 saturated carbocycles. The van der Waals surface area contributed by atoms with Crippen LogP contribution < -0.4 is 5.32 Å². The Morgan fingerprint density at radius 2 is 2.17 bits per heavy atom. The number of nitrogens with zero attached hydrogens (tertiary/aromatic N) is 2. The van der Waals surface area contributed by atoms with Crippen molar-refractivity contribution < 1.29 is 9.59 Å². The maximum atomic E-state index is 12.4. The Morgan fingerprint density at radius 1 is 1.42 bits per heavy atom. The molecule has 1 aromatic carbocycles. The molecule has 1 atom stereocenters. The molecule has 24 heavy (non-hydrogen) atoms. The van der Waals surface area contributed by atoms with Gasteiger partial charge in [-0.1, -0.05) is 18.2 Å². The highest BCUT2D eigenvalue weighted by Crippen LogP contribution is 2.18. The number of nitrogens with one attached hydrogen (secondary N) is 2. The van der Waals surface area contributed by atoms with Gasteiger partial charge in [-0.05, 0) is 24.8 Å². The number of carbonyl (C=O) groups is 2. The van der Waals surface area contributed by atoms with Crippen LogP contribution in [-0.4, -0.2) is 46.3 Å². The quantitative estimate of drug-likeness (QED) is 0.593. The maximum Gasteiger partial charge on any atom is 0.258 e. The van der Waals surface area contributed by atoms with Crippen LogP contribution in [-0.2, 0) is 16.0 Å². The summed E-state index contributed by atoms with van der Waals surface area (Å²) in [5.41, 5.74) is 1.85. The number of hydrogen-bond donors (Lipinski definition) is 2. The summed E-state index contributed by atoms with van der Waals surface area (Å²) in [7, 11) is 0. The Labute approximate surface area is 145 Å². The summed E-state index contributed by atoms with van der Waals surface area (Å²) in [5, 5.41) is 12.8. The number of thioether (sulfide) groups is 1. The number of rotatable bonds is 7. The van der Waals surface area contributed by atoms with Gasteiger partial charge in [0.05, 0.1) is 6.42 Å². The van der Waals surface area contributed by atoms with E-state index < -0.39 is 6.04 Å². The average molecular weight is 344 g/mol. The second kappa shape index (κ2) is 8.41. The number of amides is 2. The van der Waals surface area contributed by atoms with Crippen LogP contribution in [0.25, 0.3) is 10.9 Å². The Balaban J connectivity index is 2.08. The Kier molecular flexibility index (Phi) is 6.27. The minimum absolute atomic E-state index is 0.181. The van der Waals surface area contributed by atoms with Gasteiger partial charge in [0.25, 0.3) is 5.91 Å². The van der Waals surface area contributed by atoms with Crippen LogP contribution in [0.3, 0.4) is 0 Å². The van der Waals surface area contributed by atoms with Crippen LogP contribution in [0.2, 0.25) is 0 Å². The van der Waals surface area contributed by atoms with Crippen LogP contribution in [0.5, 0.6) is 0 Å². The van der Waals surface area contributed by atoms with E-state index in [-0.39, 0.29) is 18.2 Å². The summed E-state index contributed by atoms with van der Waals surface area (Å²) in [5.74, 6) is -0.181. The fraction of sp³-hybridized carbons (Fsp3) is 0.353. The topological polar surface area (TPSA) is 89.0 Å². The highest BCUT2D eigenvalue weighted by Gasteiger charge is 2.25. The molecule has 0 bridgehead atoms. The van der Waals surface area contributed by atoms with Crippen molar-refractivity contribution in [3.8, 4) is 6.19 Å². The maximum absolute atomic E-state index is 12.4. The van der Waals surface area contributed by atoms with Gasteiger partial charge in [0.2, 0.25) is 5.91 Å². The zero-order valence-electron chi connectivity index (χ0n) is 13.7. The van der Waals surface area contributed by atoms with Crippen molar-refractivity contribution in [2.45, 2.75) is 19.4 Å². The van der Waals surface area contributed by atoms with E-state index in [1.165, 1.54) is 11.8 Å². The van der Waals surface area contributed by atoms with Crippen molar-refractivity contribution >= 4 is 34.5 Å². The SMILES string of the molecule is CCN(C#N)C(=O)C(CSC)NC(=O)Cc1c[nH]c2ccccc12. The van der Waals surface area contributed by atoms with E-state index in [4.69, 9.17) is 5.26 Å². The van der Waals surface area contributed by atoms with E-state index in [0.717, 1.165) is 21.4 Å². The van der Waals surface area contributed by atoms with Crippen LogP contribution in [0.1, 0.15) is 12.5 Å². The number of benzene rings is 1. The summed E-state index contributed by atoms with van der Waals surface area (Å²) >= 11 is 1.45. The molecule has 0 saturated heterocycles. The van der Waals surface area contributed by atoms with E-state index in [0.29, 0.717) is 12.3 Å². The Bertz CT molecular complexity index is 765. The zero-order chi connectivity index (χ0) is 17.5. The molecule has 0 aliphatic carbocycles. The third-order valence-electron chi connectivity index (χ3n) is 3.70. The predicted octanol–water partition coefficient (Wildman–Crippen LogP) is 1.89. The van der Waals surface area contributed by atoms with Crippen molar-refractivity contribution in [3.63, 3.8) is 0 Å². The van der Waals surface area contributed by atoms with Gasteiger partial charge in [0.15, 0.2) is 6.19 Å². The predicted molar refractivity (Wildman–Crippen MR) is 95.3 cm³/mol. The molecule has 2 rings (SSSR count). The molecular weight excluding hydrogens is 324 g/mol. The van der Waals surface area contributed by atoms with Crippen LogP contribution in [0.4, 0.5) is 0 Å². The lowest BCUT2D eigenvalue weighted by Gasteiger charge is -2.20. The molecule has 0 spiro atoms. The smallest absolute Gasteiger partial charge is 0.258 e. The number of nitriles is 1. The molecule has 126 valence electrons. The normalized spacial score (nSPS) is 11.7. The van der Waals surface area contributed by atoms with Crippen molar-refractivity contribution in [3.05, 3.63) is 36.0 Å². The number of aromatic amines is 1. The average Bonchev–Trinajstić information content (AvgIpc) is 2.98. The summed E-state index contributed by atoms with van der Waals surface area (Å²) in [4.78, 5) is 28.9. The molecule has 1 heterocycles. The van der Waals surface area contributed by atoms with Gasteiger partial charge in [-0.3, -0.25) is 9.59 Å². The standard InChI is InChI=1S/C17H20N4O2S/c1-3-21(11-18)17(23)15(10-24-2)20-16(22)8-12-9-19-14-7-5-4-6-13(12)14/h4-7,9,15,19H,3,8,10H2,1-2H3,(H,20,22). The first-order valence-corrected chi connectivity index (χ1v) is 9.04. The molecule has 0 radical (unpaired) electrons. The molecule has 2 amide bonds. The van der Waals surface area contributed by atoms with Crippen molar-refractivity contribution in [1.29, 1.82) is 5.26 Å². The number of fused-ring (bicyclic) bond motifs is 1. The first kappa shape index (κ1) is 17.9. The van der Waals surface area contributed by atoms with Crippen LogP contribution >= 0.6 is 11.8 Å². The largest absolute Gasteiger partial charge is 0.361 e. The van der Waals surface area contributed by atoms with E-state index >= 15 is 0 Å². The minimum atomic E-state index is -0.697. The van der Waals surface area contributed by atoms with Crippen LogP contribution in [0.15, 0.2) is 30.5 Å². The molecule has 0 fully saturated rings. The van der Waals surface area contributed by atoms with Gasteiger partial charge in [-0.25, -0.2) is 4.90 Å². The summed E-state index contributed by atoms with van der Waals surface area (Å²) in [6, 6.07) is 7.05. The van der Waals surface area contributed by atoms with E-state index in [1.54, 1.807) is 6.92 Å². The second-order valence-corrected chi connectivity index (χ2v) is 6.20. The molecule has 1 aromatic heterocycles. The summed E-state index contributed by atoms with van der Waals surface area (Å²) in [6.07, 6.45) is 5.70. The number of hydrogen-bond acceptors (Lipinski definition) is 4. The van der Waals surface area contributed by atoms with E-state index in [2.05, 4.69) is 10.3 Å². The van der Waals surface area contributed by atoms with Gasteiger partial charge >= 0.3 is 0 Å². The number of para-hydroxylation sites is 1. The minimum Gasteiger partial charge on any atom is -0.361 e. The first-order chi connectivity index (χ1) is 11.6. The van der Waals surface area contributed by atoms with E-state index in [9.17, 15) is 9.59 Å². The van der Waals surface area contributed by atoms with E-state index in [1.807, 2.05) is 42.9 Å². The van der Waals surface area contributed by atoms with Crippen molar-refractivity contribution in [2.24, 2.45) is 0 Å². The molecule has 0 aliphatic rings. The lowest BCUT2D eigenvalue weighted by molar-refractivity contribution is -0.133. The first-order valence-electron chi connectivity index (χ1n) is 7.65. The lowest BCUT2D eigenvalue weighted by atomic mass is 10.1. The molecule has 2 aromatic rings. The fourth-order valence-corrected chi connectivity index (χ4v) is 3.06. The summed E-state index contributed by atoms with van der Waals surface area (Å²) < 4.78 is 0. The highest BCUT2D eigenvalue weighted by molar-refractivity contribution is 7.98. The Morgan fingerprint density at radius 3 is 2.83 bits per heavy atom. The third-order valence-corrected chi connectivity index (χ3v) is 4.36. The molecule has 0 aliphatic heterocycles.